The topological polar surface area (TPSA) is 108 Å². The lowest BCUT2D eigenvalue weighted by Gasteiger charge is -2.30. The second-order valence-electron chi connectivity index (χ2n) is 10.0. The molecule has 196 valence electrons. The van der Waals surface area contributed by atoms with E-state index in [0.29, 0.717) is 19.5 Å². The van der Waals surface area contributed by atoms with Crippen molar-refractivity contribution in [2.75, 3.05) is 19.7 Å². The lowest BCUT2D eigenvalue weighted by Crippen LogP contribution is -2.62. The summed E-state index contributed by atoms with van der Waals surface area (Å²) in [6.45, 7) is 2.93. The number of fused-ring (bicyclic) bond motifs is 3. The maximum atomic E-state index is 13.3. The molecule has 1 unspecified atom stereocenters. The Morgan fingerprint density at radius 3 is 2.21 bits per heavy atom. The Hall–Kier alpha value is -4.17. The van der Waals surface area contributed by atoms with Crippen molar-refractivity contribution < 1.29 is 24.2 Å². The molecule has 1 aliphatic carbocycles. The van der Waals surface area contributed by atoms with Gasteiger partial charge in [-0.15, -0.1) is 0 Å². The third-order valence-electron chi connectivity index (χ3n) is 7.44. The zero-order chi connectivity index (χ0) is 26.7. The van der Waals surface area contributed by atoms with E-state index in [-0.39, 0.29) is 19.1 Å². The highest BCUT2D eigenvalue weighted by atomic mass is 16.5. The molecule has 3 aromatic carbocycles. The number of alkyl carbamates (subject to hydrolysis) is 1. The van der Waals surface area contributed by atoms with Crippen molar-refractivity contribution in [2.45, 2.75) is 37.4 Å². The fourth-order valence-electron chi connectivity index (χ4n) is 5.44. The van der Waals surface area contributed by atoms with Gasteiger partial charge in [0.1, 0.15) is 18.2 Å². The zero-order valence-electron chi connectivity index (χ0n) is 21.2. The van der Waals surface area contributed by atoms with Crippen molar-refractivity contribution in [2.24, 2.45) is 0 Å². The van der Waals surface area contributed by atoms with E-state index in [9.17, 15) is 19.5 Å². The van der Waals surface area contributed by atoms with Crippen LogP contribution in [0.5, 0.6) is 0 Å². The van der Waals surface area contributed by atoms with Crippen LogP contribution in [0.25, 0.3) is 11.1 Å². The Kier molecular flexibility index (Phi) is 7.15. The van der Waals surface area contributed by atoms with Gasteiger partial charge in [-0.1, -0.05) is 78.9 Å². The van der Waals surface area contributed by atoms with Gasteiger partial charge in [-0.3, -0.25) is 14.5 Å². The van der Waals surface area contributed by atoms with Crippen molar-refractivity contribution in [1.29, 1.82) is 0 Å². The fraction of sp³-hybridized carbons (Fsp3) is 0.300. The van der Waals surface area contributed by atoms with Gasteiger partial charge >= 0.3 is 12.1 Å². The van der Waals surface area contributed by atoms with Crippen LogP contribution in [0, 0.1) is 0 Å². The van der Waals surface area contributed by atoms with Gasteiger partial charge in [0.05, 0.1) is 0 Å². The van der Waals surface area contributed by atoms with E-state index in [1.54, 1.807) is 0 Å². The van der Waals surface area contributed by atoms with Crippen LogP contribution in [0.1, 0.15) is 36.0 Å². The number of hydrogen-bond donors (Lipinski definition) is 3. The molecule has 8 nitrogen and oxygen atoms in total. The number of carbonyl (C=O) groups is 3. The largest absolute Gasteiger partial charge is 0.480 e. The van der Waals surface area contributed by atoms with E-state index in [1.165, 1.54) is 6.92 Å². The fourth-order valence-corrected chi connectivity index (χ4v) is 5.44. The van der Waals surface area contributed by atoms with Gasteiger partial charge in [-0.25, -0.2) is 4.79 Å². The number of rotatable bonds is 8. The second-order valence-corrected chi connectivity index (χ2v) is 10.0. The van der Waals surface area contributed by atoms with Crippen molar-refractivity contribution >= 4 is 18.0 Å². The molecular formula is C30H31N3O5. The summed E-state index contributed by atoms with van der Waals surface area (Å²) in [7, 11) is 0. The van der Waals surface area contributed by atoms with Crippen LogP contribution in [0.2, 0.25) is 0 Å². The third-order valence-corrected chi connectivity index (χ3v) is 7.44. The van der Waals surface area contributed by atoms with Crippen LogP contribution in [-0.2, 0) is 20.9 Å². The summed E-state index contributed by atoms with van der Waals surface area (Å²) >= 11 is 0. The molecule has 1 fully saturated rings. The predicted molar refractivity (Wildman–Crippen MR) is 143 cm³/mol. The van der Waals surface area contributed by atoms with Gasteiger partial charge < -0.3 is 20.5 Å². The number of carboxylic acid groups (broad SMARTS) is 1. The molecular weight excluding hydrogens is 482 g/mol. The highest BCUT2D eigenvalue weighted by Gasteiger charge is 2.47. The van der Waals surface area contributed by atoms with Gasteiger partial charge in [0.2, 0.25) is 5.91 Å². The predicted octanol–water partition coefficient (Wildman–Crippen LogP) is 3.76. The van der Waals surface area contributed by atoms with E-state index >= 15 is 0 Å². The van der Waals surface area contributed by atoms with E-state index in [1.807, 2.05) is 66.7 Å². The number of carbonyl (C=O) groups excluding carboxylic acids is 2. The lowest BCUT2D eigenvalue weighted by molar-refractivity contribution is -0.142. The Morgan fingerprint density at radius 1 is 0.974 bits per heavy atom. The number of carboxylic acids is 1. The Balaban J connectivity index is 1.30. The number of aliphatic carboxylic acids is 1. The number of nitrogens with zero attached hydrogens (tertiary/aromatic N) is 1. The third kappa shape index (κ3) is 5.13. The number of benzene rings is 3. The standard InChI is InChI=1S/C30H31N3O5/c1-20(27(34)35)31-28(36)30(15-16-33(19-30)17-21-9-3-2-4-10-21)32-29(37)38-18-26-24-13-7-5-11-22(24)23-12-6-8-14-25(23)26/h2-14,20,26H,15-19H2,1H3,(H,31,36)(H,32,37)(H,34,35)/t20-,30?/m0/s1. The minimum Gasteiger partial charge on any atom is -0.480 e. The van der Waals surface area contributed by atoms with Crippen molar-refractivity contribution in [3.05, 3.63) is 95.6 Å². The normalized spacial score (nSPS) is 19.3. The summed E-state index contributed by atoms with van der Waals surface area (Å²) in [4.78, 5) is 39.9. The zero-order valence-corrected chi connectivity index (χ0v) is 21.2. The monoisotopic (exact) mass is 513 g/mol. The van der Waals surface area contributed by atoms with Gasteiger partial charge in [0, 0.05) is 25.6 Å². The van der Waals surface area contributed by atoms with Crippen molar-refractivity contribution in [1.82, 2.24) is 15.5 Å². The molecule has 1 heterocycles. The first-order valence-electron chi connectivity index (χ1n) is 12.8. The van der Waals surface area contributed by atoms with Gasteiger partial charge in [0.25, 0.3) is 0 Å². The molecule has 0 aromatic heterocycles. The highest BCUT2D eigenvalue weighted by molar-refractivity contribution is 5.93. The van der Waals surface area contributed by atoms with Crippen molar-refractivity contribution in [3.63, 3.8) is 0 Å². The molecule has 5 rings (SSSR count). The molecule has 0 bridgehead atoms. The number of amides is 2. The molecule has 0 spiro atoms. The first-order valence-corrected chi connectivity index (χ1v) is 12.8. The van der Waals surface area contributed by atoms with E-state index in [0.717, 1.165) is 27.8 Å². The molecule has 2 amide bonds. The highest BCUT2D eigenvalue weighted by Crippen LogP contribution is 2.44. The Labute approximate surface area is 221 Å². The smallest absolute Gasteiger partial charge is 0.408 e. The first-order chi connectivity index (χ1) is 18.4. The average Bonchev–Trinajstić information content (AvgIpc) is 3.47. The summed E-state index contributed by atoms with van der Waals surface area (Å²) in [6, 6.07) is 24.9. The maximum Gasteiger partial charge on any atom is 0.408 e. The molecule has 0 radical (unpaired) electrons. The minimum absolute atomic E-state index is 0.108. The van der Waals surface area contributed by atoms with E-state index in [2.05, 4.69) is 27.7 Å². The Morgan fingerprint density at radius 2 is 1.58 bits per heavy atom. The van der Waals surface area contributed by atoms with Crippen LogP contribution in [-0.4, -0.2) is 59.3 Å². The number of likely N-dealkylation sites (tertiary alicyclic amines) is 1. The molecule has 1 aliphatic heterocycles. The van der Waals surface area contributed by atoms with E-state index in [4.69, 9.17) is 4.74 Å². The van der Waals surface area contributed by atoms with Crippen LogP contribution in [0.15, 0.2) is 78.9 Å². The lowest BCUT2D eigenvalue weighted by atomic mass is 9.96. The van der Waals surface area contributed by atoms with Gasteiger partial charge in [-0.05, 0) is 41.2 Å². The quantitative estimate of drug-likeness (QED) is 0.423. The van der Waals surface area contributed by atoms with Crippen molar-refractivity contribution in [3.8, 4) is 11.1 Å². The van der Waals surface area contributed by atoms with Crippen LogP contribution in [0.3, 0.4) is 0 Å². The Bertz CT molecular complexity index is 1300. The molecule has 3 aromatic rings. The summed E-state index contributed by atoms with van der Waals surface area (Å²) in [6.07, 6.45) is -0.367. The molecule has 2 aliphatic rings. The number of ether oxygens (including phenoxy) is 1. The number of nitrogens with one attached hydrogen (secondary N) is 2. The molecule has 2 atom stereocenters. The minimum atomic E-state index is -1.30. The average molecular weight is 514 g/mol. The summed E-state index contributed by atoms with van der Waals surface area (Å²) in [5, 5.41) is 14.7. The molecule has 8 heteroatoms. The SMILES string of the molecule is C[C@H](NC(=O)C1(NC(=O)OCC2c3ccccc3-c3ccccc32)CCN(Cc2ccccc2)C1)C(=O)O. The molecule has 38 heavy (non-hydrogen) atoms. The molecule has 3 N–H and O–H groups in total. The van der Waals surface area contributed by atoms with Crippen LogP contribution < -0.4 is 10.6 Å². The van der Waals surface area contributed by atoms with Gasteiger partial charge in [0.15, 0.2) is 0 Å². The summed E-state index contributed by atoms with van der Waals surface area (Å²) in [5.74, 6) is -1.78. The maximum absolute atomic E-state index is 13.3. The summed E-state index contributed by atoms with van der Waals surface area (Å²) < 4.78 is 5.72. The van der Waals surface area contributed by atoms with Gasteiger partial charge in [-0.2, -0.15) is 0 Å². The van der Waals surface area contributed by atoms with Crippen LogP contribution in [0.4, 0.5) is 4.79 Å². The van der Waals surface area contributed by atoms with E-state index < -0.39 is 29.6 Å². The number of hydrogen-bond acceptors (Lipinski definition) is 5. The second kappa shape index (κ2) is 10.7. The molecule has 1 saturated heterocycles. The summed E-state index contributed by atoms with van der Waals surface area (Å²) in [5.41, 5.74) is 4.23. The van der Waals surface area contributed by atoms with Crippen LogP contribution >= 0.6 is 0 Å². The first kappa shape index (κ1) is 25.5. The molecule has 0 saturated carbocycles.